The Morgan fingerprint density at radius 3 is 2.76 bits per heavy atom. The van der Waals surface area contributed by atoms with Crippen LogP contribution in [-0.2, 0) is 18.5 Å². The van der Waals surface area contributed by atoms with Gasteiger partial charge in [0.25, 0.3) is 5.91 Å². The SMILES string of the molecule is CC(C)(C)n1ncc2c1CCN(C(=O)c1ccc(Cl)s1)C2. The van der Waals surface area contributed by atoms with Crippen LogP contribution < -0.4 is 0 Å². The third kappa shape index (κ3) is 2.72. The quantitative estimate of drug-likeness (QED) is 0.805. The number of nitrogens with zero attached hydrogens (tertiary/aromatic N) is 3. The van der Waals surface area contributed by atoms with Crippen LogP contribution in [0, 0.1) is 0 Å². The predicted octanol–water partition coefficient (Wildman–Crippen LogP) is 3.55. The fourth-order valence-electron chi connectivity index (χ4n) is 2.67. The number of thiophene rings is 1. The summed E-state index contributed by atoms with van der Waals surface area (Å²) in [5.74, 6) is 0.0565. The number of hydrogen-bond acceptors (Lipinski definition) is 3. The Labute approximate surface area is 133 Å². The van der Waals surface area contributed by atoms with Crippen molar-refractivity contribution in [1.29, 1.82) is 0 Å². The van der Waals surface area contributed by atoms with Gasteiger partial charge in [-0.2, -0.15) is 5.10 Å². The maximum atomic E-state index is 12.5. The topological polar surface area (TPSA) is 38.1 Å². The van der Waals surface area contributed by atoms with Gasteiger partial charge in [-0.15, -0.1) is 11.3 Å². The number of halogens is 1. The largest absolute Gasteiger partial charge is 0.333 e. The van der Waals surface area contributed by atoms with Gasteiger partial charge in [-0.05, 0) is 32.9 Å². The van der Waals surface area contributed by atoms with E-state index in [1.807, 2.05) is 11.1 Å². The summed E-state index contributed by atoms with van der Waals surface area (Å²) < 4.78 is 2.73. The number of amides is 1. The summed E-state index contributed by atoms with van der Waals surface area (Å²) in [5, 5.41) is 4.50. The Hall–Kier alpha value is -1.33. The van der Waals surface area contributed by atoms with Crippen LogP contribution in [-0.4, -0.2) is 27.1 Å². The summed E-state index contributed by atoms with van der Waals surface area (Å²) in [4.78, 5) is 15.1. The molecule has 0 N–H and O–H groups in total. The lowest BCUT2D eigenvalue weighted by molar-refractivity contribution is 0.0737. The monoisotopic (exact) mass is 323 g/mol. The van der Waals surface area contributed by atoms with Crippen LogP contribution in [0.1, 0.15) is 41.7 Å². The first-order valence-electron chi connectivity index (χ1n) is 6.97. The summed E-state index contributed by atoms with van der Waals surface area (Å²) >= 11 is 7.25. The summed E-state index contributed by atoms with van der Waals surface area (Å²) in [6.45, 7) is 7.78. The average Bonchev–Trinajstić information content (AvgIpc) is 3.02. The smallest absolute Gasteiger partial charge is 0.264 e. The maximum Gasteiger partial charge on any atom is 0.264 e. The molecule has 2 aromatic rings. The van der Waals surface area contributed by atoms with E-state index in [9.17, 15) is 4.79 Å². The lowest BCUT2D eigenvalue weighted by Gasteiger charge is -2.30. The second-order valence-electron chi connectivity index (χ2n) is 6.28. The second-order valence-corrected chi connectivity index (χ2v) is 7.99. The lowest BCUT2D eigenvalue weighted by Crippen LogP contribution is -2.37. The molecule has 0 fully saturated rings. The van der Waals surface area contributed by atoms with Gasteiger partial charge < -0.3 is 4.90 Å². The zero-order valence-corrected chi connectivity index (χ0v) is 14.0. The van der Waals surface area contributed by atoms with Crippen LogP contribution in [0.25, 0.3) is 0 Å². The molecule has 0 atom stereocenters. The van der Waals surface area contributed by atoms with Gasteiger partial charge in [-0.25, -0.2) is 0 Å². The van der Waals surface area contributed by atoms with Crippen molar-refractivity contribution in [2.75, 3.05) is 6.54 Å². The number of rotatable bonds is 1. The van der Waals surface area contributed by atoms with Gasteiger partial charge in [0.2, 0.25) is 0 Å². The number of aromatic nitrogens is 2. The molecule has 0 aliphatic carbocycles. The Morgan fingerprint density at radius 1 is 1.38 bits per heavy atom. The first kappa shape index (κ1) is 14.6. The van der Waals surface area contributed by atoms with Crippen molar-refractivity contribution in [1.82, 2.24) is 14.7 Å². The van der Waals surface area contributed by atoms with E-state index >= 15 is 0 Å². The van der Waals surface area contributed by atoms with Crippen molar-refractivity contribution in [2.45, 2.75) is 39.3 Å². The molecule has 1 aliphatic heterocycles. The number of hydrogen-bond donors (Lipinski definition) is 0. The second kappa shape index (κ2) is 5.14. The Bertz CT molecular complexity index is 683. The van der Waals surface area contributed by atoms with E-state index in [0.29, 0.717) is 15.8 Å². The van der Waals surface area contributed by atoms with Gasteiger partial charge >= 0.3 is 0 Å². The lowest BCUT2D eigenvalue weighted by atomic mass is 10.0. The first-order chi connectivity index (χ1) is 9.86. The molecule has 0 saturated carbocycles. The minimum atomic E-state index is -0.0267. The third-order valence-corrected chi connectivity index (χ3v) is 4.86. The van der Waals surface area contributed by atoms with Gasteiger partial charge in [-0.1, -0.05) is 11.6 Å². The van der Waals surface area contributed by atoms with E-state index in [1.54, 1.807) is 12.1 Å². The fraction of sp³-hybridized carbons (Fsp3) is 0.467. The van der Waals surface area contributed by atoms with Crippen molar-refractivity contribution < 1.29 is 4.79 Å². The minimum absolute atomic E-state index is 0.0267. The summed E-state index contributed by atoms with van der Waals surface area (Å²) in [6.07, 6.45) is 2.73. The molecule has 0 radical (unpaired) electrons. The van der Waals surface area contributed by atoms with E-state index in [4.69, 9.17) is 11.6 Å². The van der Waals surface area contributed by atoms with E-state index in [2.05, 4.69) is 30.6 Å². The third-order valence-electron chi connectivity index (χ3n) is 3.64. The van der Waals surface area contributed by atoms with Crippen LogP contribution in [0.3, 0.4) is 0 Å². The van der Waals surface area contributed by atoms with Gasteiger partial charge in [0, 0.05) is 30.8 Å². The van der Waals surface area contributed by atoms with Gasteiger partial charge in [0.15, 0.2) is 0 Å². The zero-order valence-electron chi connectivity index (χ0n) is 12.4. The van der Waals surface area contributed by atoms with Crippen LogP contribution in [0.2, 0.25) is 4.34 Å². The number of carbonyl (C=O) groups excluding carboxylic acids is 1. The minimum Gasteiger partial charge on any atom is -0.333 e. The summed E-state index contributed by atoms with van der Waals surface area (Å²) in [5.41, 5.74) is 2.36. The highest BCUT2D eigenvalue weighted by Gasteiger charge is 2.28. The highest BCUT2D eigenvalue weighted by atomic mass is 35.5. The van der Waals surface area contributed by atoms with Crippen molar-refractivity contribution >= 4 is 28.8 Å². The molecule has 112 valence electrons. The highest BCUT2D eigenvalue weighted by Crippen LogP contribution is 2.27. The van der Waals surface area contributed by atoms with Crippen LogP contribution in [0.5, 0.6) is 0 Å². The predicted molar refractivity (Wildman–Crippen MR) is 85.0 cm³/mol. The molecule has 0 spiro atoms. The van der Waals surface area contributed by atoms with Crippen LogP contribution in [0.15, 0.2) is 18.3 Å². The average molecular weight is 324 g/mol. The molecule has 3 heterocycles. The van der Waals surface area contributed by atoms with E-state index < -0.39 is 0 Å². The zero-order chi connectivity index (χ0) is 15.2. The first-order valence-corrected chi connectivity index (χ1v) is 8.16. The maximum absolute atomic E-state index is 12.5. The number of fused-ring (bicyclic) bond motifs is 1. The van der Waals surface area contributed by atoms with Gasteiger partial charge in [0.1, 0.15) is 0 Å². The normalized spacial score (nSPS) is 15.1. The molecule has 0 saturated heterocycles. The molecule has 3 rings (SSSR count). The highest BCUT2D eigenvalue weighted by molar-refractivity contribution is 7.17. The molecular formula is C15H18ClN3OS. The molecule has 2 aromatic heterocycles. The summed E-state index contributed by atoms with van der Waals surface area (Å²) in [6, 6.07) is 3.57. The Balaban J connectivity index is 1.82. The Kier molecular flexibility index (Phi) is 3.58. The molecular weight excluding hydrogens is 306 g/mol. The molecule has 1 aliphatic rings. The molecule has 21 heavy (non-hydrogen) atoms. The standard InChI is InChI=1S/C15H18ClN3OS/c1-15(2,3)19-11-6-7-18(9-10(11)8-17-19)14(20)12-4-5-13(16)21-12/h4-5,8H,6-7,9H2,1-3H3. The van der Waals surface area contributed by atoms with Crippen LogP contribution in [0.4, 0.5) is 0 Å². The molecule has 0 aromatic carbocycles. The molecule has 4 nitrogen and oxygen atoms in total. The molecule has 0 unspecified atom stereocenters. The van der Waals surface area contributed by atoms with Crippen molar-refractivity contribution in [3.63, 3.8) is 0 Å². The van der Waals surface area contributed by atoms with Gasteiger partial charge in [0.05, 0.1) is 20.9 Å². The van der Waals surface area contributed by atoms with E-state index in [1.165, 1.54) is 17.0 Å². The summed E-state index contributed by atoms with van der Waals surface area (Å²) in [7, 11) is 0. The molecule has 1 amide bonds. The van der Waals surface area contributed by atoms with Crippen molar-refractivity contribution in [3.05, 3.63) is 38.8 Å². The fourth-order valence-corrected chi connectivity index (χ4v) is 3.68. The van der Waals surface area contributed by atoms with E-state index in [-0.39, 0.29) is 11.4 Å². The van der Waals surface area contributed by atoms with Crippen LogP contribution >= 0.6 is 22.9 Å². The van der Waals surface area contributed by atoms with E-state index in [0.717, 1.165) is 18.5 Å². The van der Waals surface area contributed by atoms with Crippen molar-refractivity contribution in [3.8, 4) is 0 Å². The molecule has 0 bridgehead atoms. The Morgan fingerprint density at radius 2 is 2.14 bits per heavy atom. The molecule has 6 heteroatoms. The van der Waals surface area contributed by atoms with Crippen molar-refractivity contribution in [2.24, 2.45) is 0 Å². The number of carbonyl (C=O) groups is 1. The van der Waals surface area contributed by atoms with Gasteiger partial charge in [-0.3, -0.25) is 9.48 Å².